The summed E-state index contributed by atoms with van der Waals surface area (Å²) in [7, 11) is 0. The quantitative estimate of drug-likeness (QED) is 0.718. The summed E-state index contributed by atoms with van der Waals surface area (Å²) in [5.41, 5.74) is -0.532. The number of ether oxygens (including phenoxy) is 1. The molecule has 2 atom stereocenters. The predicted molar refractivity (Wildman–Crippen MR) is 75.6 cm³/mol. The summed E-state index contributed by atoms with van der Waals surface area (Å²) in [6.45, 7) is 6.63. The molecule has 0 aromatic rings. The van der Waals surface area contributed by atoms with Gasteiger partial charge in [0.25, 0.3) is 0 Å². The Labute approximate surface area is 120 Å². The maximum Gasteiger partial charge on any atom is 0.326 e. The number of carboxylic acid groups (broad SMARTS) is 1. The van der Waals surface area contributed by atoms with Crippen LogP contribution in [-0.2, 0) is 9.53 Å². The van der Waals surface area contributed by atoms with E-state index >= 15 is 0 Å². The van der Waals surface area contributed by atoms with Crippen molar-refractivity contribution in [2.75, 3.05) is 13.2 Å². The lowest BCUT2D eigenvalue weighted by atomic mass is 9.87. The monoisotopic (exact) mass is 286 g/mol. The first-order chi connectivity index (χ1) is 9.30. The standard InChI is InChI=1S/C14H26N2O4/c1-14(2,3)11(12(17)18)16-13(19)15-8-7-10-6-4-5-9-20-10/h10-11H,4-9H2,1-3H3,(H,17,18)(H2,15,16,19)/t10?,11-/m1/s1. The van der Waals surface area contributed by atoms with Crippen LogP contribution in [0.4, 0.5) is 4.79 Å². The zero-order valence-electron chi connectivity index (χ0n) is 12.6. The van der Waals surface area contributed by atoms with Crippen molar-refractivity contribution in [3.63, 3.8) is 0 Å². The van der Waals surface area contributed by atoms with Crippen LogP contribution >= 0.6 is 0 Å². The van der Waals surface area contributed by atoms with Gasteiger partial charge in [0.2, 0.25) is 0 Å². The average Bonchev–Trinajstić information content (AvgIpc) is 2.35. The largest absolute Gasteiger partial charge is 0.480 e. The van der Waals surface area contributed by atoms with Gasteiger partial charge in [-0.1, -0.05) is 20.8 Å². The smallest absolute Gasteiger partial charge is 0.326 e. The molecule has 1 saturated heterocycles. The summed E-state index contributed by atoms with van der Waals surface area (Å²) in [6, 6.07) is -1.35. The van der Waals surface area contributed by atoms with Crippen molar-refractivity contribution in [2.24, 2.45) is 5.41 Å². The summed E-state index contributed by atoms with van der Waals surface area (Å²) in [6.07, 6.45) is 4.28. The Morgan fingerprint density at radius 1 is 1.35 bits per heavy atom. The third kappa shape index (κ3) is 5.77. The van der Waals surface area contributed by atoms with E-state index in [-0.39, 0.29) is 6.10 Å². The third-order valence-corrected chi connectivity index (χ3v) is 3.41. The number of amides is 2. The van der Waals surface area contributed by atoms with E-state index in [0.717, 1.165) is 25.9 Å². The van der Waals surface area contributed by atoms with Crippen molar-refractivity contribution in [2.45, 2.75) is 58.6 Å². The fraction of sp³-hybridized carbons (Fsp3) is 0.857. The van der Waals surface area contributed by atoms with E-state index in [0.29, 0.717) is 6.54 Å². The topological polar surface area (TPSA) is 87.7 Å². The van der Waals surface area contributed by atoms with E-state index < -0.39 is 23.5 Å². The molecule has 116 valence electrons. The van der Waals surface area contributed by atoms with Gasteiger partial charge in [-0.3, -0.25) is 0 Å². The van der Waals surface area contributed by atoms with Gasteiger partial charge in [-0.05, 0) is 31.1 Å². The van der Waals surface area contributed by atoms with Crippen LogP contribution in [0.15, 0.2) is 0 Å². The van der Waals surface area contributed by atoms with Crippen molar-refractivity contribution in [3.8, 4) is 0 Å². The molecule has 1 fully saturated rings. The highest BCUT2D eigenvalue weighted by Crippen LogP contribution is 2.19. The summed E-state index contributed by atoms with van der Waals surface area (Å²) in [5, 5.41) is 14.3. The first-order valence-corrected chi connectivity index (χ1v) is 7.19. The minimum absolute atomic E-state index is 0.210. The maximum atomic E-state index is 11.7. The SMILES string of the molecule is CC(C)(C)[C@H](NC(=O)NCCC1CCCCO1)C(=O)O. The van der Waals surface area contributed by atoms with Crippen molar-refractivity contribution >= 4 is 12.0 Å². The van der Waals surface area contributed by atoms with E-state index in [1.54, 1.807) is 20.8 Å². The van der Waals surface area contributed by atoms with Crippen molar-refractivity contribution in [1.29, 1.82) is 0 Å². The zero-order chi connectivity index (χ0) is 15.2. The Balaban J connectivity index is 2.29. The van der Waals surface area contributed by atoms with Crippen LogP contribution in [0.25, 0.3) is 0 Å². The van der Waals surface area contributed by atoms with E-state index in [4.69, 9.17) is 9.84 Å². The molecule has 3 N–H and O–H groups in total. The van der Waals surface area contributed by atoms with Gasteiger partial charge in [-0.15, -0.1) is 0 Å². The number of carbonyl (C=O) groups excluding carboxylic acids is 1. The molecular formula is C14H26N2O4. The van der Waals surface area contributed by atoms with E-state index in [2.05, 4.69) is 10.6 Å². The number of carbonyl (C=O) groups is 2. The van der Waals surface area contributed by atoms with E-state index in [1.165, 1.54) is 6.42 Å². The van der Waals surface area contributed by atoms with Crippen molar-refractivity contribution < 1.29 is 19.4 Å². The van der Waals surface area contributed by atoms with Crippen LogP contribution in [0.1, 0.15) is 46.5 Å². The van der Waals surface area contributed by atoms with Crippen LogP contribution in [0.2, 0.25) is 0 Å². The van der Waals surface area contributed by atoms with Crippen LogP contribution in [0.5, 0.6) is 0 Å². The second-order valence-electron chi connectivity index (χ2n) is 6.31. The molecule has 1 aliphatic rings. The van der Waals surface area contributed by atoms with Gasteiger partial charge in [0.05, 0.1) is 6.10 Å². The zero-order valence-corrected chi connectivity index (χ0v) is 12.6. The number of hydrogen-bond acceptors (Lipinski definition) is 3. The second kappa shape index (κ2) is 7.47. The highest BCUT2D eigenvalue weighted by Gasteiger charge is 2.32. The molecule has 1 heterocycles. The van der Waals surface area contributed by atoms with Gasteiger partial charge in [-0.2, -0.15) is 0 Å². The normalized spacial score (nSPS) is 21.1. The van der Waals surface area contributed by atoms with Gasteiger partial charge >= 0.3 is 12.0 Å². The minimum atomic E-state index is -1.02. The van der Waals surface area contributed by atoms with Crippen LogP contribution < -0.4 is 10.6 Å². The highest BCUT2D eigenvalue weighted by molar-refractivity contribution is 5.83. The maximum absolute atomic E-state index is 11.7. The molecule has 1 aliphatic heterocycles. The fourth-order valence-electron chi connectivity index (χ4n) is 2.21. The summed E-state index contributed by atoms with van der Waals surface area (Å²) in [5.74, 6) is -1.02. The molecule has 6 nitrogen and oxygen atoms in total. The molecule has 20 heavy (non-hydrogen) atoms. The molecule has 1 unspecified atom stereocenters. The Hall–Kier alpha value is -1.30. The van der Waals surface area contributed by atoms with Gasteiger partial charge in [-0.25, -0.2) is 9.59 Å². The molecule has 0 aromatic heterocycles. The lowest BCUT2D eigenvalue weighted by Crippen LogP contribution is -2.52. The number of rotatable bonds is 5. The Morgan fingerprint density at radius 2 is 2.05 bits per heavy atom. The van der Waals surface area contributed by atoms with Gasteiger partial charge < -0.3 is 20.5 Å². The van der Waals surface area contributed by atoms with Gasteiger partial charge in [0, 0.05) is 13.2 Å². The van der Waals surface area contributed by atoms with Crippen molar-refractivity contribution in [3.05, 3.63) is 0 Å². The first-order valence-electron chi connectivity index (χ1n) is 7.19. The van der Waals surface area contributed by atoms with Gasteiger partial charge in [0.15, 0.2) is 0 Å². The Kier molecular flexibility index (Phi) is 6.26. The summed E-state index contributed by atoms with van der Waals surface area (Å²) in [4.78, 5) is 22.9. The summed E-state index contributed by atoms with van der Waals surface area (Å²) < 4.78 is 5.57. The lowest BCUT2D eigenvalue weighted by Gasteiger charge is -2.28. The molecule has 0 radical (unpaired) electrons. The Bertz CT molecular complexity index is 333. The highest BCUT2D eigenvalue weighted by atomic mass is 16.5. The van der Waals surface area contributed by atoms with Gasteiger partial charge in [0.1, 0.15) is 6.04 Å². The molecular weight excluding hydrogens is 260 g/mol. The molecule has 0 spiro atoms. The van der Waals surface area contributed by atoms with Crippen LogP contribution in [-0.4, -0.2) is 42.4 Å². The molecule has 1 rings (SSSR count). The lowest BCUT2D eigenvalue weighted by molar-refractivity contribution is -0.141. The van der Waals surface area contributed by atoms with E-state index in [9.17, 15) is 9.59 Å². The molecule has 0 saturated carbocycles. The number of hydrogen-bond donors (Lipinski definition) is 3. The van der Waals surface area contributed by atoms with Crippen molar-refractivity contribution in [1.82, 2.24) is 10.6 Å². The molecule has 2 amide bonds. The Morgan fingerprint density at radius 3 is 2.55 bits per heavy atom. The van der Waals surface area contributed by atoms with Crippen LogP contribution in [0.3, 0.4) is 0 Å². The van der Waals surface area contributed by atoms with Crippen LogP contribution in [0, 0.1) is 5.41 Å². The fourth-order valence-corrected chi connectivity index (χ4v) is 2.21. The average molecular weight is 286 g/mol. The first kappa shape index (κ1) is 16.8. The predicted octanol–water partition coefficient (Wildman–Crippen LogP) is 1.74. The summed E-state index contributed by atoms with van der Waals surface area (Å²) >= 11 is 0. The number of aliphatic carboxylic acids is 1. The molecule has 0 aromatic carbocycles. The third-order valence-electron chi connectivity index (χ3n) is 3.41. The number of urea groups is 1. The molecule has 0 aliphatic carbocycles. The second-order valence-corrected chi connectivity index (χ2v) is 6.31. The molecule has 6 heteroatoms. The number of carboxylic acids is 1. The van der Waals surface area contributed by atoms with E-state index in [1.807, 2.05) is 0 Å². The minimum Gasteiger partial charge on any atom is -0.480 e. The molecule has 0 bridgehead atoms. The number of nitrogens with one attached hydrogen (secondary N) is 2.